The average molecular weight is 581 g/mol. The molecule has 0 spiro atoms. The fourth-order valence-corrected chi connectivity index (χ4v) is 0.433. The van der Waals surface area contributed by atoms with Crippen LogP contribution >= 0.6 is 0 Å². The SMILES string of the molecule is [C-]#C[C](=[W])N(C)C.[C-]#[O+].[C-]#[O+].[C-]#[O+].[C-]#[O+].[C-]#[O+].[C-]#[O+].[C-]#[O+].[CH]1[CH][CH][CH][CH]1.[Fe+2]. The van der Waals surface area contributed by atoms with Crippen LogP contribution in [-0.2, 0) is 69.0 Å². The molecule has 0 bridgehead atoms. The first-order valence-electron chi connectivity index (χ1n) is 4.92. The maximum atomic E-state index is 7.50. The molecule has 27 heavy (non-hydrogen) atoms. The molecule has 1 aliphatic carbocycles. The molecule has 0 aromatic carbocycles. The van der Waals surface area contributed by atoms with E-state index < -0.39 is 0 Å². The molecule has 1 aliphatic rings. The van der Waals surface area contributed by atoms with Gasteiger partial charge < -0.3 is 0 Å². The molecule has 10 heteroatoms. The molecule has 0 aromatic heterocycles. The van der Waals surface area contributed by atoms with Gasteiger partial charge in [0.05, 0.1) is 0 Å². The smallest absolute Gasteiger partial charge is 0.0312 e. The molecule has 0 saturated heterocycles. The first-order chi connectivity index (χ1) is 12.7. The summed E-state index contributed by atoms with van der Waals surface area (Å²) in [6, 6.07) is 0. The standard InChI is InChI=1S/C5H6N.C5H5.7CO.Fe.W/c1-4-5-6(2)3;1-2-4-5-3-1;7*1-2;;/h2-3H3;1-5H;;;;;;;;;/q-1;;;;;;;;;+2;. The minimum atomic E-state index is 0. The van der Waals surface area contributed by atoms with E-state index in [1.165, 1.54) is 19.4 Å². The predicted octanol–water partition coefficient (Wildman–Crippen LogP) is 0.571. The largest absolute Gasteiger partial charge is 2.00 e. The fraction of sp³-hybridized carbons (Fsp3) is 0.118. The van der Waals surface area contributed by atoms with Gasteiger partial charge in [0.1, 0.15) is 0 Å². The Labute approximate surface area is 182 Å². The number of nitrogens with zero attached hydrogens (tertiary/aromatic N) is 1. The van der Waals surface area contributed by atoms with Crippen LogP contribution < -0.4 is 0 Å². The molecule has 1 rings (SSSR count). The molecule has 5 radical (unpaired) electrons. The zero-order valence-corrected chi connectivity index (χ0v) is 18.0. The van der Waals surface area contributed by atoms with Crippen molar-refractivity contribution in [2.24, 2.45) is 0 Å². The summed E-state index contributed by atoms with van der Waals surface area (Å²) in [4.78, 5) is 1.88. The summed E-state index contributed by atoms with van der Waals surface area (Å²) in [7, 11) is 3.81. The van der Waals surface area contributed by atoms with Crippen LogP contribution in [0.4, 0.5) is 0 Å². The summed E-state index contributed by atoms with van der Waals surface area (Å²) in [6.07, 6.45) is 16.6. The van der Waals surface area contributed by atoms with Gasteiger partial charge in [-0.05, 0) is 32.1 Å². The van der Waals surface area contributed by atoms with Crippen LogP contribution in [0.25, 0.3) is 0 Å². The minimum absolute atomic E-state index is 0. The quantitative estimate of drug-likeness (QED) is 0.190. The van der Waals surface area contributed by atoms with Crippen molar-refractivity contribution >= 4 is 4.02 Å². The van der Waals surface area contributed by atoms with Crippen molar-refractivity contribution in [3.63, 3.8) is 0 Å². The monoisotopic (exact) mass is 581 g/mol. The Bertz CT molecular complexity index is 359. The Hall–Kier alpha value is -1.22. The summed E-state index contributed by atoms with van der Waals surface area (Å²) >= 11 is 1.29. The molecule has 0 aromatic rings. The molecule has 8 nitrogen and oxygen atoms in total. The second kappa shape index (κ2) is 121. The Kier molecular flexibility index (Phi) is 251. The van der Waals surface area contributed by atoms with Crippen LogP contribution in [-0.4, -0.2) is 23.0 Å². The summed E-state index contributed by atoms with van der Waals surface area (Å²) in [5.41, 5.74) is 0. The normalized spacial score (nSPS) is 7.11. The van der Waals surface area contributed by atoms with Crippen LogP contribution in [0, 0.1) is 91.0 Å². The second-order valence-corrected chi connectivity index (χ2v) is 3.68. The van der Waals surface area contributed by atoms with Gasteiger partial charge in [-0.15, -0.1) is 0 Å². The van der Waals surface area contributed by atoms with Crippen LogP contribution in [0.2, 0.25) is 0 Å². The Morgan fingerprint density at radius 1 is 0.630 bits per heavy atom. The minimum Gasteiger partial charge on any atom is -0.0312 e. The molecule has 0 unspecified atom stereocenters. The van der Waals surface area contributed by atoms with Crippen LogP contribution in [0.5, 0.6) is 0 Å². The number of hydrogen-bond acceptors (Lipinski definition) is 1. The van der Waals surface area contributed by atoms with Crippen molar-refractivity contribution in [2.75, 3.05) is 14.1 Å². The van der Waals surface area contributed by atoms with Crippen molar-refractivity contribution in [3.8, 4) is 5.92 Å². The molecule has 0 amide bonds. The molecule has 0 aliphatic heterocycles. The zero-order chi connectivity index (χ0) is 23.4. The van der Waals surface area contributed by atoms with E-state index in [2.05, 4.69) is 52.5 Å². The topological polar surface area (TPSA) is 143 Å². The summed E-state index contributed by atoms with van der Waals surface area (Å²) < 4.78 is 53.4. The van der Waals surface area contributed by atoms with Gasteiger partial charge in [-0.1, -0.05) is 0 Å². The molecule has 0 atom stereocenters. The van der Waals surface area contributed by atoms with Crippen LogP contribution in [0.1, 0.15) is 0 Å². The number of rotatable bonds is 1. The predicted molar refractivity (Wildman–Crippen MR) is 74.8 cm³/mol. The van der Waals surface area contributed by atoms with E-state index in [9.17, 15) is 0 Å². The Morgan fingerprint density at radius 2 is 0.778 bits per heavy atom. The third kappa shape index (κ3) is 134. The third-order valence-corrected chi connectivity index (χ3v) is 2.75. The van der Waals surface area contributed by atoms with Gasteiger partial charge in [-0.2, -0.15) is 0 Å². The second-order valence-electron chi connectivity index (χ2n) is 2.29. The molecule has 0 heterocycles. The van der Waals surface area contributed by atoms with E-state index in [0.717, 1.165) is 4.02 Å². The van der Waals surface area contributed by atoms with Gasteiger partial charge in [0.15, 0.2) is 0 Å². The van der Waals surface area contributed by atoms with Crippen LogP contribution in [0.3, 0.4) is 0 Å². The first kappa shape index (κ1) is 56.2. The summed E-state index contributed by atoms with van der Waals surface area (Å²) in [5, 5.41) is 0. The van der Waals surface area contributed by atoms with Gasteiger partial charge in [-0.3, -0.25) is 0 Å². The van der Waals surface area contributed by atoms with Crippen molar-refractivity contribution in [1.29, 1.82) is 0 Å². The summed E-state index contributed by atoms with van der Waals surface area (Å²) in [6.45, 7) is 31.5. The van der Waals surface area contributed by atoms with Gasteiger partial charge in [-0.25, -0.2) is 0 Å². The molecule has 139 valence electrons. The molecule has 0 N–H and O–H groups in total. The Morgan fingerprint density at radius 3 is 0.815 bits per heavy atom. The molecular formula is C17H11FeNO7W+. The van der Waals surface area contributed by atoms with E-state index in [1.807, 2.05) is 51.1 Å². The van der Waals surface area contributed by atoms with Crippen molar-refractivity contribution in [3.05, 3.63) is 85.1 Å². The average Bonchev–Trinajstić information content (AvgIpc) is 3.38. The van der Waals surface area contributed by atoms with E-state index in [4.69, 9.17) is 39.0 Å². The van der Waals surface area contributed by atoms with E-state index in [-0.39, 0.29) is 17.1 Å². The van der Waals surface area contributed by atoms with E-state index >= 15 is 0 Å². The van der Waals surface area contributed by atoms with Crippen molar-refractivity contribution in [2.45, 2.75) is 0 Å². The van der Waals surface area contributed by atoms with Crippen molar-refractivity contribution in [1.82, 2.24) is 4.90 Å². The maximum Gasteiger partial charge on any atom is 2.00 e. The molecule has 1 fully saturated rings. The molecule has 1 saturated carbocycles. The first-order valence-corrected chi connectivity index (χ1v) is 6.38. The number of hydrogen-bond donors (Lipinski definition) is 0. The molecular weight excluding hydrogens is 570 g/mol. The van der Waals surface area contributed by atoms with Gasteiger partial charge in [0, 0.05) is 0 Å². The van der Waals surface area contributed by atoms with E-state index in [0.29, 0.717) is 0 Å². The van der Waals surface area contributed by atoms with Gasteiger partial charge in [0.2, 0.25) is 0 Å². The van der Waals surface area contributed by atoms with E-state index in [1.54, 1.807) is 0 Å². The van der Waals surface area contributed by atoms with Crippen LogP contribution in [0.15, 0.2) is 0 Å². The van der Waals surface area contributed by atoms with Gasteiger partial charge >= 0.3 is 151 Å². The summed E-state index contributed by atoms with van der Waals surface area (Å²) in [5.74, 6) is 2.29. The zero-order valence-electron chi connectivity index (χ0n) is 14.0. The maximum absolute atomic E-state index is 7.50. The van der Waals surface area contributed by atoms with Gasteiger partial charge in [0.25, 0.3) is 0 Å². The van der Waals surface area contributed by atoms with Crippen molar-refractivity contribution < 1.29 is 69.0 Å². The Balaban J connectivity index is -0.0000000208. The third-order valence-electron chi connectivity index (χ3n) is 1.07. The fourth-order valence-electron chi connectivity index (χ4n) is 0.433.